The van der Waals surface area contributed by atoms with Crippen LogP contribution in [0.2, 0.25) is 0 Å². The van der Waals surface area contributed by atoms with Gasteiger partial charge in [-0.2, -0.15) is 11.8 Å². The minimum atomic E-state index is -0.735. The maximum absolute atomic E-state index is 13.4. The molecule has 90 valence electrons. The fourth-order valence-electron chi connectivity index (χ4n) is 1.28. The van der Waals surface area contributed by atoms with Crippen LogP contribution < -0.4 is 0 Å². The third kappa shape index (κ3) is 4.44. The van der Waals surface area contributed by atoms with Gasteiger partial charge in [0.2, 0.25) is 0 Å². The minimum absolute atomic E-state index is 0.346. The topological polar surface area (TPSA) is 20.2 Å². The molecule has 0 aliphatic carbocycles. The Bertz CT molecular complexity index is 344. The van der Waals surface area contributed by atoms with Crippen molar-refractivity contribution in [3.05, 3.63) is 34.1 Å². The first kappa shape index (κ1) is 14.0. The predicted molar refractivity (Wildman–Crippen MR) is 71.2 cm³/mol. The summed E-state index contributed by atoms with van der Waals surface area (Å²) < 4.78 is 14.2. The number of benzene rings is 1. The zero-order chi connectivity index (χ0) is 12.1. The van der Waals surface area contributed by atoms with E-state index in [1.54, 1.807) is 23.9 Å². The van der Waals surface area contributed by atoms with Gasteiger partial charge in [0, 0.05) is 15.8 Å². The van der Waals surface area contributed by atoms with Crippen LogP contribution in [0.3, 0.4) is 0 Å². The molecule has 16 heavy (non-hydrogen) atoms. The molecule has 1 aromatic carbocycles. The van der Waals surface area contributed by atoms with Gasteiger partial charge in [0.15, 0.2) is 0 Å². The molecule has 0 bridgehead atoms. The Hall–Kier alpha value is -0.0600. The number of hydrogen-bond acceptors (Lipinski definition) is 2. The Labute approximate surface area is 109 Å². The van der Waals surface area contributed by atoms with E-state index in [1.807, 2.05) is 0 Å². The van der Waals surface area contributed by atoms with Crippen molar-refractivity contribution in [2.45, 2.75) is 20.0 Å². The molecule has 0 amide bonds. The van der Waals surface area contributed by atoms with E-state index in [-0.39, 0.29) is 5.82 Å². The monoisotopic (exact) mass is 306 g/mol. The SMILES string of the molecule is CC(C)CSCC(O)c1cc(Br)ccc1F. The molecule has 0 aliphatic heterocycles. The van der Waals surface area contributed by atoms with Crippen molar-refractivity contribution >= 4 is 27.7 Å². The molecular formula is C12H16BrFOS. The lowest BCUT2D eigenvalue weighted by Crippen LogP contribution is -2.05. The molecule has 0 fully saturated rings. The summed E-state index contributed by atoms with van der Waals surface area (Å²) in [6, 6.07) is 4.64. The van der Waals surface area contributed by atoms with Crippen LogP contribution in [0.15, 0.2) is 22.7 Å². The van der Waals surface area contributed by atoms with Crippen molar-refractivity contribution in [1.29, 1.82) is 0 Å². The van der Waals surface area contributed by atoms with Crippen LogP contribution in [0, 0.1) is 11.7 Å². The summed E-state index contributed by atoms with van der Waals surface area (Å²) in [5.41, 5.74) is 0.366. The first-order valence-electron chi connectivity index (χ1n) is 5.21. The molecule has 1 unspecified atom stereocenters. The van der Waals surface area contributed by atoms with Crippen LogP contribution in [0.5, 0.6) is 0 Å². The van der Waals surface area contributed by atoms with Gasteiger partial charge in [-0.1, -0.05) is 29.8 Å². The Morgan fingerprint density at radius 3 is 2.69 bits per heavy atom. The van der Waals surface area contributed by atoms with E-state index >= 15 is 0 Å². The number of thioether (sulfide) groups is 1. The van der Waals surface area contributed by atoms with Crippen molar-refractivity contribution in [2.24, 2.45) is 5.92 Å². The molecule has 4 heteroatoms. The lowest BCUT2D eigenvalue weighted by atomic mass is 10.1. The van der Waals surface area contributed by atoms with Crippen molar-refractivity contribution < 1.29 is 9.50 Å². The van der Waals surface area contributed by atoms with Gasteiger partial charge in [-0.3, -0.25) is 0 Å². The van der Waals surface area contributed by atoms with Gasteiger partial charge < -0.3 is 5.11 Å². The smallest absolute Gasteiger partial charge is 0.129 e. The summed E-state index contributed by atoms with van der Waals surface area (Å²) >= 11 is 4.92. The lowest BCUT2D eigenvalue weighted by Gasteiger charge is -2.12. The average Bonchev–Trinajstić information content (AvgIpc) is 2.21. The molecular weight excluding hydrogens is 291 g/mol. The summed E-state index contributed by atoms with van der Waals surface area (Å²) in [4.78, 5) is 0. The molecule has 0 spiro atoms. The van der Waals surface area contributed by atoms with Crippen molar-refractivity contribution in [3.8, 4) is 0 Å². The number of halogens is 2. The summed E-state index contributed by atoms with van der Waals surface area (Å²) in [6.45, 7) is 4.25. The van der Waals surface area contributed by atoms with Crippen molar-refractivity contribution in [1.82, 2.24) is 0 Å². The largest absolute Gasteiger partial charge is 0.387 e. The normalized spacial score (nSPS) is 13.1. The highest BCUT2D eigenvalue weighted by atomic mass is 79.9. The second-order valence-electron chi connectivity index (χ2n) is 4.11. The Morgan fingerprint density at radius 1 is 1.38 bits per heavy atom. The molecule has 0 aromatic heterocycles. The van der Waals surface area contributed by atoms with E-state index in [4.69, 9.17) is 0 Å². The van der Waals surface area contributed by atoms with Gasteiger partial charge in [-0.05, 0) is 29.9 Å². The highest BCUT2D eigenvalue weighted by molar-refractivity contribution is 9.10. The molecule has 1 nitrogen and oxygen atoms in total. The quantitative estimate of drug-likeness (QED) is 0.887. The van der Waals surface area contributed by atoms with E-state index < -0.39 is 6.10 Å². The average molecular weight is 307 g/mol. The summed E-state index contributed by atoms with van der Waals surface area (Å²) in [5.74, 6) is 1.75. The van der Waals surface area contributed by atoms with Gasteiger partial charge in [0.25, 0.3) is 0 Å². The highest BCUT2D eigenvalue weighted by Gasteiger charge is 2.13. The zero-order valence-corrected chi connectivity index (χ0v) is 11.8. The second-order valence-corrected chi connectivity index (χ2v) is 6.10. The third-order valence-corrected chi connectivity index (χ3v) is 3.99. The summed E-state index contributed by atoms with van der Waals surface area (Å²) in [7, 11) is 0. The second kappa shape index (κ2) is 6.62. The Morgan fingerprint density at radius 2 is 2.06 bits per heavy atom. The van der Waals surface area contributed by atoms with E-state index in [0.717, 1.165) is 10.2 Å². The van der Waals surface area contributed by atoms with Crippen LogP contribution in [0.4, 0.5) is 4.39 Å². The summed E-state index contributed by atoms with van der Waals surface area (Å²) in [5, 5.41) is 9.86. The van der Waals surface area contributed by atoms with Crippen LogP contribution >= 0.6 is 27.7 Å². The molecule has 0 saturated heterocycles. The number of hydrogen-bond donors (Lipinski definition) is 1. The fourth-order valence-corrected chi connectivity index (χ4v) is 2.66. The van der Waals surface area contributed by atoms with E-state index in [2.05, 4.69) is 29.8 Å². The van der Waals surface area contributed by atoms with E-state index in [1.165, 1.54) is 6.07 Å². The molecule has 0 aliphatic rings. The van der Waals surface area contributed by atoms with Crippen molar-refractivity contribution in [3.63, 3.8) is 0 Å². The van der Waals surface area contributed by atoms with Gasteiger partial charge in [-0.15, -0.1) is 0 Å². The number of rotatable bonds is 5. The molecule has 1 atom stereocenters. The van der Waals surface area contributed by atoms with E-state index in [0.29, 0.717) is 17.2 Å². The molecule has 0 heterocycles. The van der Waals surface area contributed by atoms with E-state index in [9.17, 15) is 9.50 Å². The number of aliphatic hydroxyl groups is 1. The lowest BCUT2D eigenvalue weighted by molar-refractivity contribution is 0.199. The van der Waals surface area contributed by atoms with Crippen LogP contribution in [-0.2, 0) is 0 Å². The number of aliphatic hydroxyl groups excluding tert-OH is 1. The molecule has 0 radical (unpaired) electrons. The molecule has 1 aromatic rings. The zero-order valence-electron chi connectivity index (χ0n) is 9.41. The molecule has 1 N–H and O–H groups in total. The van der Waals surface area contributed by atoms with Crippen molar-refractivity contribution in [2.75, 3.05) is 11.5 Å². The van der Waals surface area contributed by atoms with Gasteiger partial charge in [-0.25, -0.2) is 4.39 Å². The predicted octanol–water partition coefficient (Wildman–Crippen LogP) is 4.01. The molecule has 0 saturated carbocycles. The third-order valence-electron chi connectivity index (χ3n) is 2.04. The van der Waals surface area contributed by atoms with Crippen LogP contribution in [0.1, 0.15) is 25.5 Å². The molecule has 1 rings (SSSR count). The van der Waals surface area contributed by atoms with Gasteiger partial charge in [0.1, 0.15) is 5.82 Å². The first-order chi connectivity index (χ1) is 7.50. The van der Waals surface area contributed by atoms with Crippen LogP contribution in [0.25, 0.3) is 0 Å². The highest BCUT2D eigenvalue weighted by Crippen LogP contribution is 2.25. The maximum Gasteiger partial charge on any atom is 0.129 e. The maximum atomic E-state index is 13.4. The first-order valence-corrected chi connectivity index (χ1v) is 7.16. The van der Waals surface area contributed by atoms with Gasteiger partial charge >= 0.3 is 0 Å². The minimum Gasteiger partial charge on any atom is -0.387 e. The Kier molecular flexibility index (Phi) is 5.79. The fraction of sp³-hybridized carbons (Fsp3) is 0.500. The Balaban J connectivity index is 2.58. The standard InChI is InChI=1S/C12H16BrFOS/c1-8(2)6-16-7-12(15)10-5-9(13)3-4-11(10)14/h3-5,8,12,15H,6-7H2,1-2H3. The summed E-state index contributed by atoms with van der Waals surface area (Å²) in [6.07, 6.45) is -0.735. The van der Waals surface area contributed by atoms with Crippen LogP contribution in [-0.4, -0.2) is 16.6 Å². The van der Waals surface area contributed by atoms with Gasteiger partial charge in [0.05, 0.1) is 6.10 Å².